The van der Waals surface area contributed by atoms with Gasteiger partial charge in [-0.1, -0.05) is 23.7 Å². The van der Waals surface area contributed by atoms with E-state index in [4.69, 9.17) is 11.6 Å². The van der Waals surface area contributed by atoms with Crippen LogP contribution in [0.1, 0.15) is 19.4 Å². The smallest absolute Gasteiger partial charge is 0.246 e. The summed E-state index contributed by atoms with van der Waals surface area (Å²) in [5, 5.41) is 3.34. The first kappa shape index (κ1) is 16.2. The van der Waals surface area contributed by atoms with Crippen molar-refractivity contribution in [2.24, 2.45) is 0 Å². The van der Waals surface area contributed by atoms with Crippen LogP contribution in [-0.4, -0.2) is 29.3 Å². The quantitative estimate of drug-likeness (QED) is 0.849. The normalized spacial score (nSPS) is 11.6. The molecule has 0 radical (unpaired) electrons. The number of halogens is 1. The third kappa shape index (κ3) is 4.10. The number of nitrogens with zero attached hydrogens (tertiary/aromatic N) is 1. The minimum absolute atomic E-state index is 0.172. The molecule has 1 aromatic carbocycles. The van der Waals surface area contributed by atoms with Gasteiger partial charge in [-0.3, -0.25) is 9.59 Å². The van der Waals surface area contributed by atoms with E-state index in [0.717, 1.165) is 5.56 Å². The second kappa shape index (κ2) is 7.10. The molecule has 0 heterocycles. The third-order valence-electron chi connectivity index (χ3n) is 3.02. The van der Waals surface area contributed by atoms with Crippen molar-refractivity contribution in [1.29, 1.82) is 0 Å². The summed E-state index contributed by atoms with van der Waals surface area (Å²) in [5.74, 6) is -0.434. The van der Waals surface area contributed by atoms with Gasteiger partial charge in [-0.2, -0.15) is 0 Å². The van der Waals surface area contributed by atoms with Crippen LogP contribution in [0.3, 0.4) is 0 Å². The highest BCUT2D eigenvalue weighted by atomic mass is 35.5. The van der Waals surface area contributed by atoms with Crippen LogP contribution in [0.2, 0.25) is 5.02 Å². The van der Waals surface area contributed by atoms with Crippen molar-refractivity contribution in [3.05, 3.63) is 41.4 Å². The molecule has 1 rings (SSSR count). The van der Waals surface area contributed by atoms with Crippen molar-refractivity contribution >= 4 is 29.1 Å². The Morgan fingerprint density at radius 2 is 2.15 bits per heavy atom. The van der Waals surface area contributed by atoms with E-state index in [2.05, 4.69) is 11.9 Å². The van der Waals surface area contributed by atoms with Gasteiger partial charge in [0.15, 0.2) is 0 Å². The molecule has 0 aliphatic heterocycles. The molecule has 1 unspecified atom stereocenters. The average Bonchev–Trinajstić information content (AvgIpc) is 2.39. The van der Waals surface area contributed by atoms with Gasteiger partial charge in [-0.15, -0.1) is 6.58 Å². The van der Waals surface area contributed by atoms with Crippen LogP contribution < -0.4 is 5.32 Å². The SMILES string of the molecule is C=CCN(C(C)=O)C(C)C(=O)Nc1ccc(C)c(Cl)c1. The van der Waals surface area contributed by atoms with Gasteiger partial charge in [0.2, 0.25) is 11.8 Å². The number of benzene rings is 1. The van der Waals surface area contributed by atoms with E-state index >= 15 is 0 Å². The van der Waals surface area contributed by atoms with Crippen LogP contribution in [0.5, 0.6) is 0 Å². The summed E-state index contributed by atoms with van der Waals surface area (Å²) in [5.41, 5.74) is 1.55. The monoisotopic (exact) mass is 294 g/mol. The Bertz CT molecular complexity index is 529. The van der Waals surface area contributed by atoms with Crippen molar-refractivity contribution in [2.45, 2.75) is 26.8 Å². The van der Waals surface area contributed by atoms with E-state index < -0.39 is 6.04 Å². The topological polar surface area (TPSA) is 49.4 Å². The van der Waals surface area contributed by atoms with E-state index in [9.17, 15) is 9.59 Å². The maximum atomic E-state index is 12.1. The zero-order valence-electron chi connectivity index (χ0n) is 11.9. The van der Waals surface area contributed by atoms with E-state index in [1.165, 1.54) is 11.8 Å². The molecule has 108 valence electrons. The standard InChI is InChI=1S/C15H19ClN2O2/c1-5-8-18(12(4)19)11(3)15(20)17-13-7-6-10(2)14(16)9-13/h5-7,9,11H,1,8H2,2-4H3,(H,17,20). The van der Waals surface area contributed by atoms with E-state index in [1.807, 2.05) is 13.0 Å². The zero-order chi connectivity index (χ0) is 15.3. The molecule has 1 atom stereocenters. The van der Waals surface area contributed by atoms with E-state index in [0.29, 0.717) is 17.3 Å². The van der Waals surface area contributed by atoms with Crippen LogP contribution >= 0.6 is 11.6 Å². The molecule has 0 aliphatic rings. The number of carbonyl (C=O) groups is 2. The number of hydrogen-bond acceptors (Lipinski definition) is 2. The predicted molar refractivity (Wildman–Crippen MR) is 81.9 cm³/mol. The molecular formula is C15H19ClN2O2. The largest absolute Gasteiger partial charge is 0.327 e. The number of hydrogen-bond donors (Lipinski definition) is 1. The Morgan fingerprint density at radius 1 is 1.50 bits per heavy atom. The van der Waals surface area contributed by atoms with Gasteiger partial charge in [0.05, 0.1) is 0 Å². The molecule has 1 aromatic rings. The van der Waals surface area contributed by atoms with Gasteiger partial charge < -0.3 is 10.2 Å². The first-order valence-corrected chi connectivity index (χ1v) is 6.69. The number of rotatable bonds is 5. The maximum absolute atomic E-state index is 12.1. The van der Waals surface area contributed by atoms with Crippen LogP contribution in [0, 0.1) is 6.92 Å². The molecule has 0 saturated carbocycles. The lowest BCUT2D eigenvalue weighted by atomic mass is 10.2. The highest BCUT2D eigenvalue weighted by molar-refractivity contribution is 6.31. The zero-order valence-corrected chi connectivity index (χ0v) is 12.7. The van der Waals surface area contributed by atoms with E-state index in [-0.39, 0.29) is 11.8 Å². The van der Waals surface area contributed by atoms with Gasteiger partial charge in [0.1, 0.15) is 6.04 Å². The molecule has 1 N–H and O–H groups in total. The number of aryl methyl sites for hydroxylation is 1. The molecule has 0 aromatic heterocycles. The fraction of sp³-hybridized carbons (Fsp3) is 0.333. The van der Waals surface area contributed by atoms with Crippen LogP contribution in [0.4, 0.5) is 5.69 Å². The number of carbonyl (C=O) groups excluding carboxylic acids is 2. The van der Waals surface area contributed by atoms with E-state index in [1.54, 1.807) is 25.1 Å². The average molecular weight is 295 g/mol. The van der Waals surface area contributed by atoms with Crippen LogP contribution in [0.25, 0.3) is 0 Å². The van der Waals surface area contributed by atoms with Crippen molar-refractivity contribution in [3.8, 4) is 0 Å². The molecule has 0 aliphatic carbocycles. The number of amides is 2. The summed E-state index contributed by atoms with van der Waals surface area (Å²) in [6.45, 7) is 8.91. The number of anilines is 1. The summed E-state index contributed by atoms with van der Waals surface area (Å²) < 4.78 is 0. The lowest BCUT2D eigenvalue weighted by molar-refractivity contribution is -0.135. The Labute approximate surface area is 124 Å². The minimum atomic E-state index is -0.578. The fourth-order valence-electron chi connectivity index (χ4n) is 1.76. The molecule has 5 heteroatoms. The van der Waals surface area contributed by atoms with Gasteiger partial charge in [-0.05, 0) is 31.5 Å². The third-order valence-corrected chi connectivity index (χ3v) is 3.42. The number of nitrogens with one attached hydrogen (secondary N) is 1. The Kier molecular flexibility index (Phi) is 5.77. The Hall–Kier alpha value is -1.81. The first-order chi connectivity index (χ1) is 9.36. The summed E-state index contributed by atoms with van der Waals surface area (Å²) in [6, 6.07) is 4.71. The molecule has 2 amide bonds. The van der Waals surface area contributed by atoms with Crippen molar-refractivity contribution < 1.29 is 9.59 Å². The van der Waals surface area contributed by atoms with Gasteiger partial charge in [-0.25, -0.2) is 0 Å². The predicted octanol–water partition coefficient (Wildman–Crippen LogP) is 3.01. The molecule has 4 nitrogen and oxygen atoms in total. The second-order valence-corrected chi connectivity index (χ2v) is 5.00. The molecular weight excluding hydrogens is 276 g/mol. The van der Waals surface area contributed by atoms with Crippen LogP contribution in [0.15, 0.2) is 30.9 Å². The fourth-order valence-corrected chi connectivity index (χ4v) is 1.94. The van der Waals surface area contributed by atoms with Crippen molar-refractivity contribution in [2.75, 3.05) is 11.9 Å². The highest BCUT2D eigenvalue weighted by Crippen LogP contribution is 2.20. The lowest BCUT2D eigenvalue weighted by Crippen LogP contribution is -2.44. The maximum Gasteiger partial charge on any atom is 0.246 e. The summed E-state index contributed by atoms with van der Waals surface area (Å²) in [6.07, 6.45) is 1.59. The molecule has 0 saturated heterocycles. The summed E-state index contributed by atoms with van der Waals surface area (Å²) in [7, 11) is 0. The van der Waals surface area contributed by atoms with Gasteiger partial charge in [0.25, 0.3) is 0 Å². The van der Waals surface area contributed by atoms with Gasteiger partial charge >= 0.3 is 0 Å². The van der Waals surface area contributed by atoms with Crippen LogP contribution in [-0.2, 0) is 9.59 Å². The van der Waals surface area contributed by atoms with Gasteiger partial charge in [0, 0.05) is 24.2 Å². The first-order valence-electron chi connectivity index (χ1n) is 6.32. The highest BCUT2D eigenvalue weighted by Gasteiger charge is 2.22. The summed E-state index contributed by atoms with van der Waals surface area (Å²) >= 11 is 6.01. The molecule has 0 fully saturated rings. The second-order valence-electron chi connectivity index (χ2n) is 4.59. The minimum Gasteiger partial charge on any atom is -0.327 e. The van der Waals surface area contributed by atoms with Crippen molar-refractivity contribution in [3.63, 3.8) is 0 Å². The summed E-state index contributed by atoms with van der Waals surface area (Å²) in [4.78, 5) is 25.1. The molecule has 0 bridgehead atoms. The van der Waals surface area contributed by atoms with Crippen molar-refractivity contribution in [1.82, 2.24) is 4.90 Å². The lowest BCUT2D eigenvalue weighted by Gasteiger charge is -2.26. The molecule has 20 heavy (non-hydrogen) atoms. The molecule has 0 spiro atoms. The Balaban J connectivity index is 2.80. The Morgan fingerprint density at radius 3 is 2.65 bits per heavy atom.